The molecule has 0 amide bonds. The summed E-state index contributed by atoms with van der Waals surface area (Å²) >= 11 is 1.89. The molecule has 0 unspecified atom stereocenters. The monoisotopic (exact) mass is 896 g/mol. The first-order valence-electron chi connectivity index (χ1n) is 18.6. The number of rotatable bonds is 11. The van der Waals surface area contributed by atoms with Crippen LogP contribution in [0.2, 0.25) is 0 Å². The van der Waals surface area contributed by atoms with E-state index in [1.165, 1.54) is 37.6 Å². The van der Waals surface area contributed by atoms with E-state index < -0.39 is 0 Å². The molecule has 281 valence electrons. The fourth-order valence-corrected chi connectivity index (χ4v) is 7.70. The van der Waals surface area contributed by atoms with Gasteiger partial charge in [-0.25, -0.2) is 0 Å². The Kier molecular flexibility index (Phi) is 14.6. The predicted molar refractivity (Wildman–Crippen MR) is 218 cm³/mol. The van der Waals surface area contributed by atoms with Crippen molar-refractivity contribution in [1.82, 2.24) is 4.98 Å². The molecule has 0 fully saturated rings. The van der Waals surface area contributed by atoms with Crippen molar-refractivity contribution >= 4 is 38.0 Å². The third-order valence-corrected chi connectivity index (χ3v) is 12.1. The third kappa shape index (κ3) is 9.61. The second-order valence-electron chi connectivity index (χ2n) is 16.0. The number of aliphatic hydroxyl groups is 1. The average molecular weight is 896 g/mol. The Labute approximate surface area is 331 Å². The van der Waals surface area contributed by atoms with E-state index in [2.05, 4.69) is 101 Å². The summed E-state index contributed by atoms with van der Waals surface area (Å²) in [5.41, 5.74) is 5.18. The molecule has 52 heavy (non-hydrogen) atoms. The molecular weight excluding hydrogens is 837 g/mol. The Morgan fingerprint density at radius 2 is 1.58 bits per heavy atom. The molecule has 5 aromatic rings. The van der Waals surface area contributed by atoms with Crippen molar-refractivity contribution in [2.24, 2.45) is 16.7 Å². The van der Waals surface area contributed by atoms with E-state index in [0.717, 1.165) is 54.3 Å². The quantitative estimate of drug-likeness (QED) is 0.0622. The van der Waals surface area contributed by atoms with Crippen molar-refractivity contribution in [3.05, 3.63) is 103 Å². The van der Waals surface area contributed by atoms with E-state index in [9.17, 15) is 9.90 Å². The zero-order valence-corrected chi connectivity index (χ0v) is 36.5. The van der Waals surface area contributed by atoms with Gasteiger partial charge in [0, 0.05) is 77.0 Å². The molecule has 3 aromatic heterocycles. The molecule has 0 saturated heterocycles. The van der Waals surface area contributed by atoms with Crippen molar-refractivity contribution in [1.29, 1.82) is 0 Å². The van der Waals surface area contributed by atoms with Gasteiger partial charge in [-0.3, -0.25) is 9.78 Å². The van der Waals surface area contributed by atoms with E-state index in [4.69, 9.17) is 0 Å². The summed E-state index contributed by atoms with van der Waals surface area (Å²) in [6, 6.07) is 21.2. The van der Waals surface area contributed by atoms with Gasteiger partial charge in [0.25, 0.3) is 0 Å². The van der Waals surface area contributed by atoms with Gasteiger partial charge in [-0.1, -0.05) is 105 Å². The first kappa shape index (κ1) is 43.1. The first-order chi connectivity index (χ1) is 24.0. The summed E-state index contributed by atoms with van der Waals surface area (Å²) in [4.78, 5) is 18.2. The van der Waals surface area contributed by atoms with Crippen LogP contribution in [0.4, 0.5) is 0 Å². The van der Waals surface area contributed by atoms with Crippen LogP contribution in [0.3, 0.4) is 0 Å². The van der Waals surface area contributed by atoms with Crippen LogP contribution < -0.4 is 4.57 Å². The molecule has 3 heterocycles. The van der Waals surface area contributed by atoms with Gasteiger partial charge in [-0.15, -0.1) is 40.5 Å². The number of ketones is 1. The molecule has 2 aromatic carbocycles. The van der Waals surface area contributed by atoms with Crippen molar-refractivity contribution < 1.29 is 34.6 Å². The number of hydrogen-bond acceptors (Lipinski definition) is 4. The molecule has 6 heteroatoms. The van der Waals surface area contributed by atoms with Gasteiger partial charge >= 0.3 is 0 Å². The van der Waals surface area contributed by atoms with E-state index in [-0.39, 0.29) is 47.9 Å². The molecule has 0 aliphatic carbocycles. The zero-order valence-electron chi connectivity index (χ0n) is 33.2. The molecule has 0 bridgehead atoms. The summed E-state index contributed by atoms with van der Waals surface area (Å²) in [5, 5.41) is 13.7. The smallest absolute Gasteiger partial charge is 0.164 e. The van der Waals surface area contributed by atoms with Crippen LogP contribution in [0, 0.1) is 29.9 Å². The van der Waals surface area contributed by atoms with Gasteiger partial charge < -0.3 is 9.67 Å². The van der Waals surface area contributed by atoms with E-state index in [1.807, 2.05) is 76.0 Å². The Morgan fingerprint density at radius 1 is 0.942 bits per heavy atom. The topological polar surface area (TPSA) is 54.1 Å². The van der Waals surface area contributed by atoms with Crippen LogP contribution >= 0.6 is 11.3 Å². The number of carbonyl (C=O) groups excluding carboxylic acids is 1. The minimum atomic E-state index is -0.337. The Balaban J connectivity index is 0.000000347. The minimum Gasteiger partial charge on any atom is -0.512 e. The van der Waals surface area contributed by atoms with E-state index >= 15 is 0 Å². The number of fused-ring (bicyclic) bond motifs is 2. The number of allylic oxidation sites excluding steroid dienone is 2. The average Bonchev–Trinajstić information content (AvgIpc) is 3.52. The van der Waals surface area contributed by atoms with Gasteiger partial charge in [0.1, 0.15) is 11.5 Å². The van der Waals surface area contributed by atoms with Crippen LogP contribution in [0.5, 0.6) is 0 Å². The first-order valence-corrected chi connectivity index (χ1v) is 19.5. The molecule has 1 radical (unpaired) electrons. The molecule has 0 atom stereocenters. The SMILES string of the molecule is CCC(C)(CC)C(=O)/C=C(\O)C(C)(CC)CC.[CH2-][n+]1ccc(-c2cncc3cc(CC(C)C)sc23)cc1-c1[c-]c2ccccc2c(C(C)(C)C)c1.[Ir]. The van der Waals surface area contributed by atoms with Crippen molar-refractivity contribution in [2.75, 3.05) is 0 Å². The Morgan fingerprint density at radius 3 is 2.17 bits per heavy atom. The van der Waals surface area contributed by atoms with Gasteiger partial charge in [0.2, 0.25) is 0 Å². The summed E-state index contributed by atoms with van der Waals surface area (Å²) in [5.74, 6) is 0.923. The Bertz CT molecular complexity index is 2010. The maximum absolute atomic E-state index is 12.2. The van der Waals surface area contributed by atoms with Crippen LogP contribution in [-0.2, 0) is 36.7 Å². The number of carbonyl (C=O) groups is 1. The van der Waals surface area contributed by atoms with Crippen LogP contribution in [-0.4, -0.2) is 15.9 Å². The Hall–Kier alpha value is -3.31. The van der Waals surface area contributed by atoms with Crippen molar-refractivity contribution in [2.45, 2.75) is 114 Å². The normalized spacial score (nSPS) is 12.5. The number of thiophene rings is 1. The maximum atomic E-state index is 12.2. The fraction of sp³-hybridized carbons (Fsp3) is 0.435. The van der Waals surface area contributed by atoms with E-state index in [0.29, 0.717) is 5.92 Å². The predicted octanol–water partition coefficient (Wildman–Crippen LogP) is 12.7. The minimum absolute atomic E-state index is 0. The van der Waals surface area contributed by atoms with Crippen LogP contribution in [0.25, 0.3) is 43.2 Å². The molecule has 0 saturated carbocycles. The number of hydrogen-bond donors (Lipinski definition) is 1. The molecule has 0 aliphatic heterocycles. The summed E-state index contributed by atoms with van der Waals surface area (Å²) in [6.45, 7) is 23.4. The van der Waals surface area contributed by atoms with E-state index in [1.54, 1.807) is 0 Å². The number of aromatic nitrogens is 2. The van der Waals surface area contributed by atoms with Gasteiger partial charge in [0.15, 0.2) is 5.78 Å². The van der Waals surface area contributed by atoms with Crippen LogP contribution in [0.15, 0.2) is 79.0 Å². The molecule has 4 nitrogen and oxygen atoms in total. The molecule has 0 aliphatic rings. The fourth-order valence-electron chi connectivity index (χ4n) is 6.33. The van der Waals surface area contributed by atoms with Crippen LogP contribution in [0.1, 0.15) is 112 Å². The van der Waals surface area contributed by atoms with Gasteiger partial charge in [-0.05, 0) is 67.2 Å². The largest absolute Gasteiger partial charge is 0.512 e. The molecular formula is C46H59IrN2O2S-. The maximum Gasteiger partial charge on any atom is 0.164 e. The second-order valence-corrected chi connectivity index (χ2v) is 17.1. The number of nitrogens with zero attached hydrogens (tertiary/aromatic N) is 2. The molecule has 5 rings (SSSR count). The second kappa shape index (κ2) is 17.7. The number of pyridine rings is 2. The summed E-state index contributed by atoms with van der Waals surface area (Å²) < 4.78 is 3.25. The standard InChI is InChI=1S/C31H31N2S.C15H28O2.Ir/c1-20(2)13-25-15-24-18-32-19-27(30(24)34-25)22-11-12-33(6)29(17-22)23-14-21-9-7-8-10-26(21)28(16-23)31(3,4)5;1-7-14(5,8-2)12(16)11-13(17)15(6,9-3)10-4;/h7-12,15-20H,6,13H2,1-5H3;11,16H,7-10H2,1-6H3;/q-1;;/b;12-11-;. The molecule has 1 N–H and O–H groups in total. The van der Waals surface area contributed by atoms with Gasteiger partial charge in [0.05, 0.1) is 6.20 Å². The number of benzene rings is 2. The van der Waals surface area contributed by atoms with Gasteiger partial charge in [-0.2, -0.15) is 0 Å². The molecule has 0 spiro atoms. The third-order valence-electron chi connectivity index (χ3n) is 10.9. The zero-order chi connectivity index (χ0) is 37.7. The van der Waals surface area contributed by atoms with Crippen molar-refractivity contribution in [3.63, 3.8) is 0 Å². The summed E-state index contributed by atoms with van der Waals surface area (Å²) in [6.07, 6.45) is 11.9. The summed E-state index contributed by atoms with van der Waals surface area (Å²) in [7, 11) is 4.29. The van der Waals surface area contributed by atoms with Crippen molar-refractivity contribution in [3.8, 4) is 22.4 Å². The number of aliphatic hydroxyl groups excluding tert-OH is 1.